The fourth-order valence-electron chi connectivity index (χ4n) is 1.56. The molecule has 0 radical (unpaired) electrons. The maximum absolute atomic E-state index is 12.8. The van der Waals surface area contributed by atoms with Gasteiger partial charge in [0.1, 0.15) is 11.5 Å². The molecule has 0 spiro atoms. The van der Waals surface area contributed by atoms with Crippen LogP contribution in [-0.2, 0) is 0 Å². The molecule has 3 N–H and O–H groups in total. The number of rotatable bonds is 2. The van der Waals surface area contributed by atoms with Crippen molar-refractivity contribution < 1.29 is 8.78 Å². The van der Waals surface area contributed by atoms with Crippen molar-refractivity contribution in [3.8, 4) is 5.13 Å². The minimum absolute atomic E-state index is 0.0816. The maximum Gasteiger partial charge on any atom is 0.282 e. The Bertz CT molecular complexity index is 655. The third kappa shape index (κ3) is 1.39. The van der Waals surface area contributed by atoms with Crippen LogP contribution in [-0.4, -0.2) is 25.0 Å². The number of anilines is 1. The highest BCUT2D eigenvalue weighted by molar-refractivity contribution is 7.12. The number of alkyl halides is 2. The Morgan fingerprint density at radius 1 is 1.47 bits per heavy atom. The van der Waals surface area contributed by atoms with E-state index in [9.17, 15) is 8.78 Å². The van der Waals surface area contributed by atoms with Crippen LogP contribution in [0.3, 0.4) is 0 Å². The van der Waals surface area contributed by atoms with Crippen molar-refractivity contribution in [2.75, 3.05) is 5.73 Å². The zero-order chi connectivity index (χ0) is 12.0. The van der Waals surface area contributed by atoms with E-state index in [2.05, 4.69) is 20.3 Å². The fourth-order valence-corrected chi connectivity index (χ4v) is 2.16. The summed E-state index contributed by atoms with van der Waals surface area (Å²) in [6.07, 6.45) is -1.15. The summed E-state index contributed by atoms with van der Waals surface area (Å²) < 4.78 is 26.9. The molecule has 0 unspecified atom stereocenters. The van der Waals surface area contributed by atoms with Gasteiger partial charge in [0, 0.05) is 11.6 Å². The van der Waals surface area contributed by atoms with Gasteiger partial charge < -0.3 is 5.73 Å². The zero-order valence-corrected chi connectivity index (χ0v) is 9.08. The monoisotopic (exact) mass is 256 g/mol. The number of thiazole rings is 1. The van der Waals surface area contributed by atoms with Gasteiger partial charge in [-0.05, 0) is 0 Å². The third-order valence-corrected chi connectivity index (χ3v) is 2.99. The molecule has 0 bridgehead atoms. The number of nitrogens with zero attached hydrogens (tertiary/aromatic N) is 4. The first-order chi connectivity index (χ1) is 8.18. The molecule has 3 aromatic heterocycles. The number of hydrogen-bond acceptors (Lipinski definition) is 5. The lowest BCUT2D eigenvalue weighted by molar-refractivity contribution is 0.147. The summed E-state index contributed by atoms with van der Waals surface area (Å²) in [6, 6.07) is 0. The van der Waals surface area contributed by atoms with Gasteiger partial charge in [-0.2, -0.15) is 14.9 Å². The molecule has 3 heterocycles. The Morgan fingerprint density at radius 2 is 2.29 bits per heavy atom. The van der Waals surface area contributed by atoms with Crippen LogP contribution in [0.5, 0.6) is 0 Å². The van der Waals surface area contributed by atoms with Gasteiger partial charge in [0.15, 0.2) is 5.65 Å². The zero-order valence-electron chi connectivity index (χ0n) is 8.26. The number of H-pyrrole nitrogens is 1. The standard InChI is InChI=1S/C8H6F2N6S/c9-5(10)4-3-6(11)13-14-7(3)16(15-4)8-12-1-2-17-8/h1-2,5H,(H3,11,13,14). The van der Waals surface area contributed by atoms with Gasteiger partial charge in [0.2, 0.25) is 5.13 Å². The normalized spacial score (nSPS) is 11.7. The lowest BCUT2D eigenvalue weighted by Gasteiger charge is -1.95. The summed E-state index contributed by atoms with van der Waals surface area (Å²) in [6.45, 7) is 0. The quantitative estimate of drug-likeness (QED) is 0.731. The van der Waals surface area contributed by atoms with Gasteiger partial charge in [0.05, 0.1) is 5.39 Å². The van der Waals surface area contributed by atoms with E-state index in [-0.39, 0.29) is 22.5 Å². The second kappa shape index (κ2) is 3.48. The lowest BCUT2D eigenvalue weighted by Crippen LogP contribution is -1.98. The number of hydrogen-bond donors (Lipinski definition) is 2. The Balaban J connectivity index is 2.34. The molecular weight excluding hydrogens is 250 g/mol. The number of halogens is 2. The van der Waals surface area contributed by atoms with Crippen LogP contribution >= 0.6 is 11.3 Å². The molecule has 6 nitrogen and oxygen atoms in total. The number of aromatic nitrogens is 5. The topological polar surface area (TPSA) is 85.4 Å². The van der Waals surface area contributed by atoms with Gasteiger partial charge in [0.25, 0.3) is 6.43 Å². The Hall–Kier alpha value is -2.03. The summed E-state index contributed by atoms with van der Waals surface area (Å²) in [5, 5.41) is 12.5. The number of nitrogens with one attached hydrogen (secondary N) is 1. The number of nitrogen functional groups attached to an aromatic ring is 1. The number of fused-ring (bicyclic) bond motifs is 1. The molecule has 0 atom stereocenters. The highest BCUT2D eigenvalue weighted by Crippen LogP contribution is 2.31. The van der Waals surface area contributed by atoms with Crippen LogP contribution in [0.25, 0.3) is 16.2 Å². The van der Waals surface area contributed by atoms with Gasteiger partial charge in [-0.3, -0.25) is 5.10 Å². The first-order valence-corrected chi connectivity index (χ1v) is 5.47. The molecule has 17 heavy (non-hydrogen) atoms. The number of aromatic amines is 1. The van der Waals surface area contributed by atoms with E-state index in [0.717, 1.165) is 0 Å². The molecule has 0 aromatic carbocycles. The molecule has 0 saturated carbocycles. The predicted molar refractivity (Wildman–Crippen MR) is 58.3 cm³/mol. The minimum atomic E-state index is -2.71. The van der Waals surface area contributed by atoms with Crippen LogP contribution in [0.4, 0.5) is 14.6 Å². The second-order valence-electron chi connectivity index (χ2n) is 3.25. The highest BCUT2D eigenvalue weighted by Gasteiger charge is 2.24. The minimum Gasteiger partial charge on any atom is -0.383 e. The average Bonchev–Trinajstić information content (AvgIpc) is 2.95. The molecule has 0 aliphatic carbocycles. The fraction of sp³-hybridized carbons (Fsp3) is 0.125. The van der Waals surface area contributed by atoms with Crippen LogP contribution < -0.4 is 5.73 Å². The molecule has 9 heteroatoms. The number of nitrogens with two attached hydrogens (primary N) is 1. The molecule has 3 aromatic rings. The predicted octanol–water partition coefficient (Wildman–Crippen LogP) is 1.72. The van der Waals surface area contributed by atoms with Crippen molar-refractivity contribution >= 4 is 28.2 Å². The van der Waals surface area contributed by atoms with Gasteiger partial charge in [-0.15, -0.1) is 11.3 Å². The highest BCUT2D eigenvalue weighted by atomic mass is 32.1. The van der Waals surface area contributed by atoms with Crippen molar-refractivity contribution in [2.45, 2.75) is 6.43 Å². The van der Waals surface area contributed by atoms with Crippen molar-refractivity contribution in [1.29, 1.82) is 0 Å². The van der Waals surface area contributed by atoms with E-state index >= 15 is 0 Å². The van der Waals surface area contributed by atoms with Crippen LogP contribution in [0, 0.1) is 0 Å². The van der Waals surface area contributed by atoms with Crippen LogP contribution in [0.2, 0.25) is 0 Å². The van der Waals surface area contributed by atoms with E-state index < -0.39 is 6.43 Å². The smallest absolute Gasteiger partial charge is 0.282 e. The van der Waals surface area contributed by atoms with E-state index in [4.69, 9.17) is 5.73 Å². The average molecular weight is 256 g/mol. The van der Waals surface area contributed by atoms with Crippen molar-refractivity contribution in [3.05, 3.63) is 17.3 Å². The molecule has 0 aliphatic heterocycles. The molecule has 3 rings (SSSR count). The first kappa shape index (κ1) is 10.1. The summed E-state index contributed by atoms with van der Waals surface area (Å²) in [7, 11) is 0. The lowest BCUT2D eigenvalue weighted by atomic mass is 10.3. The summed E-state index contributed by atoms with van der Waals surface area (Å²) >= 11 is 1.27. The molecule has 0 fully saturated rings. The van der Waals surface area contributed by atoms with E-state index in [1.54, 1.807) is 11.6 Å². The third-order valence-electron chi connectivity index (χ3n) is 2.25. The summed E-state index contributed by atoms with van der Waals surface area (Å²) in [5.74, 6) is 0.0816. The van der Waals surface area contributed by atoms with E-state index in [1.807, 2.05) is 0 Å². The molecule has 0 aliphatic rings. The van der Waals surface area contributed by atoms with Crippen LogP contribution in [0.15, 0.2) is 11.6 Å². The van der Waals surface area contributed by atoms with Gasteiger partial charge in [-0.1, -0.05) is 0 Å². The van der Waals surface area contributed by atoms with Crippen molar-refractivity contribution in [2.24, 2.45) is 0 Å². The molecule has 0 saturated heterocycles. The Labute approximate surface area is 97.1 Å². The van der Waals surface area contributed by atoms with Gasteiger partial charge >= 0.3 is 0 Å². The second-order valence-corrected chi connectivity index (χ2v) is 4.12. The first-order valence-electron chi connectivity index (χ1n) is 4.59. The van der Waals surface area contributed by atoms with E-state index in [0.29, 0.717) is 5.13 Å². The van der Waals surface area contributed by atoms with Crippen molar-refractivity contribution in [3.63, 3.8) is 0 Å². The molecule has 88 valence electrons. The molecular formula is C8H6F2N6S. The molecule has 0 amide bonds. The Morgan fingerprint density at radius 3 is 2.94 bits per heavy atom. The van der Waals surface area contributed by atoms with E-state index in [1.165, 1.54) is 16.0 Å². The van der Waals surface area contributed by atoms with Crippen LogP contribution in [0.1, 0.15) is 12.1 Å². The summed E-state index contributed by atoms with van der Waals surface area (Å²) in [4.78, 5) is 4.00. The maximum atomic E-state index is 12.8. The summed E-state index contributed by atoms with van der Waals surface area (Å²) in [5.41, 5.74) is 5.43. The Kier molecular flexibility index (Phi) is 2.08. The SMILES string of the molecule is Nc1[nH]nc2c1c(C(F)F)nn2-c1nccs1. The largest absolute Gasteiger partial charge is 0.383 e. The van der Waals surface area contributed by atoms with Gasteiger partial charge in [-0.25, -0.2) is 13.8 Å². The van der Waals surface area contributed by atoms with Crippen molar-refractivity contribution in [1.82, 2.24) is 25.0 Å².